The third-order valence-electron chi connectivity index (χ3n) is 3.52. The van der Waals surface area contributed by atoms with Gasteiger partial charge in [-0.3, -0.25) is 0 Å². The van der Waals surface area contributed by atoms with Crippen LogP contribution in [0, 0.1) is 11.8 Å². The Morgan fingerprint density at radius 1 is 1.42 bits per heavy atom. The standard InChI is InChI=1S/C15H26N2OS/c1-5-12-13(9-16-8-10(2)3)19-15(17-12)14(18-4)11-6-7-11/h10-11,14,16H,5-9H2,1-4H3. The molecular weight excluding hydrogens is 256 g/mol. The van der Waals surface area contributed by atoms with Crippen molar-refractivity contribution in [3.8, 4) is 0 Å². The van der Waals surface area contributed by atoms with Crippen molar-refractivity contribution in [3.63, 3.8) is 0 Å². The van der Waals surface area contributed by atoms with Gasteiger partial charge in [-0.2, -0.15) is 0 Å². The van der Waals surface area contributed by atoms with Gasteiger partial charge in [0, 0.05) is 18.5 Å². The summed E-state index contributed by atoms with van der Waals surface area (Å²) in [4.78, 5) is 6.20. The lowest BCUT2D eigenvalue weighted by Crippen LogP contribution is -2.18. The molecule has 1 aliphatic rings. The number of nitrogens with one attached hydrogen (secondary N) is 1. The first kappa shape index (κ1) is 14.9. The van der Waals surface area contributed by atoms with Crippen LogP contribution in [-0.2, 0) is 17.7 Å². The van der Waals surface area contributed by atoms with Gasteiger partial charge in [0.2, 0.25) is 0 Å². The van der Waals surface area contributed by atoms with Crippen LogP contribution in [0.1, 0.15) is 55.3 Å². The average Bonchev–Trinajstić information content (AvgIpc) is 3.11. The summed E-state index contributed by atoms with van der Waals surface area (Å²) in [5, 5.41) is 4.70. The predicted molar refractivity (Wildman–Crippen MR) is 80.5 cm³/mol. The van der Waals surface area contributed by atoms with E-state index in [-0.39, 0.29) is 6.10 Å². The molecule has 4 heteroatoms. The largest absolute Gasteiger partial charge is 0.374 e. The minimum atomic E-state index is 0.231. The van der Waals surface area contributed by atoms with Crippen molar-refractivity contribution in [1.82, 2.24) is 10.3 Å². The van der Waals surface area contributed by atoms with Gasteiger partial charge in [-0.1, -0.05) is 20.8 Å². The van der Waals surface area contributed by atoms with Crippen LogP contribution in [0.3, 0.4) is 0 Å². The fourth-order valence-corrected chi connectivity index (χ4v) is 3.60. The molecule has 1 aliphatic carbocycles. The number of nitrogens with zero attached hydrogens (tertiary/aromatic N) is 1. The number of thiazole rings is 1. The number of aromatic nitrogens is 1. The minimum absolute atomic E-state index is 0.231. The van der Waals surface area contributed by atoms with Crippen LogP contribution in [0.4, 0.5) is 0 Å². The Bertz CT molecular complexity index is 399. The summed E-state index contributed by atoms with van der Waals surface area (Å²) in [6.07, 6.45) is 3.83. The molecule has 108 valence electrons. The van der Waals surface area contributed by atoms with Crippen LogP contribution in [0.25, 0.3) is 0 Å². The maximum Gasteiger partial charge on any atom is 0.122 e. The van der Waals surface area contributed by atoms with Crippen LogP contribution in [0.2, 0.25) is 0 Å². The fourth-order valence-electron chi connectivity index (χ4n) is 2.31. The molecule has 1 N–H and O–H groups in total. The van der Waals surface area contributed by atoms with Crippen molar-refractivity contribution in [2.45, 2.75) is 52.7 Å². The molecule has 0 saturated heterocycles. The van der Waals surface area contributed by atoms with E-state index in [2.05, 4.69) is 26.1 Å². The molecule has 0 amide bonds. The van der Waals surface area contributed by atoms with Gasteiger partial charge >= 0.3 is 0 Å². The van der Waals surface area contributed by atoms with E-state index in [0.29, 0.717) is 11.8 Å². The molecule has 0 aromatic carbocycles. The first-order chi connectivity index (χ1) is 9.15. The SMILES string of the molecule is CCc1nc(C(OC)C2CC2)sc1CNCC(C)C. The molecule has 1 atom stereocenters. The van der Waals surface area contributed by atoms with Gasteiger partial charge in [-0.25, -0.2) is 4.98 Å². The van der Waals surface area contributed by atoms with E-state index in [1.807, 2.05) is 18.4 Å². The van der Waals surface area contributed by atoms with Gasteiger partial charge in [0.1, 0.15) is 11.1 Å². The molecule has 1 heterocycles. The molecule has 0 spiro atoms. The lowest BCUT2D eigenvalue weighted by Gasteiger charge is -2.10. The van der Waals surface area contributed by atoms with Crippen LogP contribution >= 0.6 is 11.3 Å². The Labute approximate surface area is 120 Å². The molecular formula is C15H26N2OS. The van der Waals surface area contributed by atoms with Gasteiger partial charge in [-0.15, -0.1) is 11.3 Å². The first-order valence-corrected chi connectivity index (χ1v) is 8.19. The lowest BCUT2D eigenvalue weighted by atomic mass is 10.2. The van der Waals surface area contributed by atoms with Gasteiger partial charge in [0.05, 0.1) is 5.69 Å². The number of hydrogen-bond acceptors (Lipinski definition) is 4. The van der Waals surface area contributed by atoms with Gasteiger partial charge in [0.25, 0.3) is 0 Å². The number of ether oxygens (including phenoxy) is 1. The maximum atomic E-state index is 5.64. The van der Waals surface area contributed by atoms with E-state index >= 15 is 0 Å². The summed E-state index contributed by atoms with van der Waals surface area (Å²) in [5.41, 5.74) is 1.25. The van der Waals surface area contributed by atoms with Gasteiger partial charge < -0.3 is 10.1 Å². The van der Waals surface area contributed by atoms with Crippen LogP contribution in [0.15, 0.2) is 0 Å². The second-order valence-corrected chi connectivity index (χ2v) is 6.91. The van der Waals surface area contributed by atoms with E-state index < -0.39 is 0 Å². The van der Waals surface area contributed by atoms with Gasteiger partial charge in [-0.05, 0) is 37.6 Å². The van der Waals surface area contributed by atoms with Crippen molar-refractivity contribution in [2.75, 3.05) is 13.7 Å². The maximum absolute atomic E-state index is 5.64. The Hall–Kier alpha value is -0.450. The number of rotatable bonds is 8. The third-order valence-corrected chi connectivity index (χ3v) is 4.67. The average molecular weight is 282 g/mol. The zero-order valence-corrected chi connectivity index (χ0v) is 13.3. The third kappa shape index (κ3) is 4.01. The number of hydrogen-bond donors (Lipinski definition) is 1. The highest BCUT2D eigenvalue weighted by molar-refractivity contribution is 7.11. The number of methoxy groups -OCH3 is 1. The highest BCUT2D eigenvalue weighted by Gasteiger charge is 2.34. The molecule has 0 radical (unpaired) electrons. The minimum Gasteiger partial charge on any atom is -0.374 e. The highest BCUT2D eigenvalue weighted by Crippen LogP contribution is 2.44. The van der Waals surface area contributed by atoms with E-state index in [1.54, 1.807) is 0 Å². The summed E-state index contributed by atoms with van der Waals surface area (Å²) in [6, 6.07) is 0. The van der Waals surface area contributed by atoms with E-state index in [9.17, 15) is 0 Å². The topological polar surface area (TPSA) is 34.1 Å². The van der Waals surface area contributed by atoms with E-state index in [1.165, 1.54) is 28.4 Å². The zero-order valence-electron chi connectivity index (χ0n) is 12.5. The van der Waals surface area contributed by atoms with Crippen molar-refractivity contribution in [1.29, 1.82) is 0 Å². The van der Waals surface area contributed by atoms with Crippen molar-refractivity contribution in [2.24, 2.45) is 11.8 Å². The van der Waals surface area contributed by atoms with Crippen molar-refractivity contribution < 1.29 is 4.74 Å². The molecule has 19 heavy (non-hydrogen) atoms. The first-order valence-electron chi connectivity index (χ1n) is 7.37. The monoisotopic (exact) mass is 282 g/mol. The normalized spacial score (nSPS) is 17.1. The second-order valence-electron chi connectivity index (χ2n) is 5.79. The quantitative estimate of drug-likeness (QED) is 0.792. The van der Waals surface area contributed by atoms with Crippen molar-refractivity contribution >= 4 is 11.3 Å². The van der Waals surface area contributed by atoms with Crippen molar-refractivity contribution in [3.05, 3.63) is 15.6 Å². The van der Waals surface area contributed by atoms with Gasteiger partial charge in [0.15, 0.2) is 0 Å². The van der Waals surface area contributed by atoms with E-state index in [0.717, 1.165) is 19.5 Å². The molecule has 1 saturated carbocycles. The molecule has 1 aromatic rings. The lowest BCUT2D eigenvalue weighted by molar-refractivity contribution is 0.0842. The highest BCUT2D eigenvalue weighted by atomic mass is 32.1. The Kier molecular flexibility index (Phi) is 5.37. The second kappa shape index (κ2) is 6.82. The fraction of sp³-hybridized carbons (Fsp3) is 0.800. The molecule has 0 aliphatic heterocycles. The molecule has 1 aromatic heterocycles. The molecule has 2 rings (SSSR count). The summed E-state index contributed by atoms with van der Waals surface area (Å²) in [6.45, 7) is 8.66. The number of aryl methyl sites for hydroxylation is 1. The zero-order chi connectivity index (χ0) is 13.8. The van der Waals surface area contributed by atoms with Crippen LogP contribution < -0.4 is 5.32 Å². The Morgan fingerprint density at radius 2 is 2.16 bits per heavy atom. The molecule has 3 nitrogen and oxygen atoms in total. The summed E-state index contributed by atoms with van der Waals surface area (Å²) in [7, 11) is 1.81. The van der Waals surface area contributed by atoms with Crippen LogP contribution in [0.5, 0.6) is 0 Å². The Balaban J connectivity index is 2.03. The summed E-state index contributed by atoms with van der Waals surface area (Å²) < 4.78 is 5.64. The molecule has 1 unspecified atom stereocenters. The predicted octanol–water partition coefficient (Wildman–Crippen LogP) is 3.55. The Morgan fingerprint density at radius 3 is 2.68 bits per heavy atom. The summed E-state index contributed by atoms with van der Waals surface area (Å²) >= 11 is 1.84. The van der Waals surface area contributed by atoms with Crippen LogP contribution in [-0.4, -0.2) is 18.6 Å². The molecule has 1 fully saturated rings. The smallest absolute Gasteiger partial charge is 0.122 e. The molecule has 0 bridgehead atoms. The van der Waals surface area contributed by atoms with E-state index in [4.69, 9.17) is 9.72 Å². The summed E-state index contributed by atoms with van der Waals surface area (Å²) in [5.74, 6) is 1.40.